The maximum absolute atomic E-state index is 13.2. The molecule has 1 aliphatic rings. The van der Waals surface area contributed by atoms with Gasteiger partial charge in [-0.2, -0.15) is 4.31 Å². The minimum atomic E-state index is -3.58. The fourth-order valence-corrected chi connectivity index (χ4v) is 4.56. The van der Waals surface area contributed by atoms with E-state index in [9.17, 15) is 17.6 Å². The van der Waals surface area contributed by atoms with Gasteiger partial charge < -0.3 is 4.90 Å². The summed E-state index contributed by atoms with van der Waals surface area (Å²) in [5.41, 5.74) is 1.76. The first-order valence-corrected chi connectivity index (χ1v) is 11.3. The molecule has 3 aromatic rings. The van der Waals surface area contributed by atoms with Crippen LogP contribution in [-0.4, -0.2) is 59.3 Å². The molecule has 1 fully saturated rings. The van der Waals surface area contributed by atoms with Gasteiger partial charge in [-0.3, -0.25) is 9.36 Å². The summed E-state index contributed by atoms with van der Waals surface area (Å²) in [6, 6.07) is 15.0. The summed E-state index contributed by atoms with van der Waals surface area (Å²) < 4.78 is 41.4. The number of sulfonamides is 1. The number of hydrogen-bond donors (Lipinski definition) is 0. The molecule has 1 aromatic heterocycles. The Bertz CT molecular complexity index is 1180. The van der Waals surface area contributed by atoms with Gasteiger partial charge in [0.15, 0.2) is 0 Å². The van der Waals surface area contributed by atoms with Crippen molar-refractivity contribution in [1.29, 1.82) is 0 Å². The smallest absolute Gasteiger partial charge is 0.272 e. The van der Waals surface area contributed by atoms with Crippen LogP contribution in [0.15, 0.2) is 72.5 Å². The van der Waals surface area contributed by atoms with E-state index in [1.54, 1.807) is 27.7 Å². The van der Waals surface area contributed by atoms with Crippen LogP contribution in [0.3, 0.4) is 0 Å². The minimum absolute atomic E-state index is 0.206. The number of benzene rings is 2. The van der Waals surface area contributed by atoms with Gasteiger partial charge in [-0.15, -0.1) is 0 Å². The van der Waals surface area contributed by atoms with Gasteiger partial charge in [0.25, 0.3) is 5.91 Å². The molecular formula is C22H21FN4O3S. The summed E-state index contributed by atoms with van der Waals surface area (Å²) in [6.07, 6.45) is 4.51. The molecule has 9 heteroatoms. The summed E-state index contributed by atoms with van der Waals surface area (Å²) in [5.74, 6) is -0.617. The molecule has 0 N–H and O–H groups in total. The molecule has 160 valence electrons. The lowest BCUT2D eigenvalue weighted by Crippen LogP contribution is -2.50. The fourth-order valence-electron chi connectivity index (χ4n) is 3.38. The Morgan fingerprint density at radius 2 is 1.65 bits per heavy atom. The summed E-state index contributed by atoms with van der Waals surface area (Å²) >= 11 is 0. The molecule has 0 spiro atoms. The van der Waals surface area contributed by atoms with Gasteiger partial charge in [-0.25, -0.2) is 17.8 Å². The molecule has 1 amide bonds. The minimum Gasteiger partial charge on any atom is -0.335 e. The molecule has 31 heavy (non-hydrogen) atoms. The van der Waals surface area contributed by atoms with Crippen LogP contribution in [0.1, 0.15) is 16.1 Å². The lowest BCUT2D eigenvalue weighted by Gasteiger charge is -2.33. The Kier molecular flexibility index (Phi) is 5.97. The first-order valence-electron chi connectivity index (χ1n) is 9.75. The number of aromatic nitrogens is 2. The highest BCUT2D eigenvalue weighted by molar-refractivity contribution is 7.92. The number of carbonyl (C=O) groups excluding carboxylic acids is 1. The summed E-state index contributed by atoms with van der Waals surface area (Å²) in [7, 11) is -3.58. The molecule has 0 radical (unpaired) electrons. The molecule has 0 aliphatic carbocycles. The van der Waals surface area contributed by atoms with Crippen molar-refractivity contribution in [3.63, 3.8) is 0 Å². The Balaban J connectivity index is 1.42. The van der Waals surface area contributed by atoms with E-state index in [0.717, 1.165) is 5.56 Å². The zero-order valence-electron chi connectivity index (χ0n) is 16.6. The lowest BCUT2D eigenvalue weighted by atomic mass is 10.2. The zero-order valence-corrected chi connectivity index (χ0v) is 17.5. The molecule has 0 unspecified atom stereocenters. The maximum Gasteiger partial charge on any atom is 0.272 e. The quantitative estimate of drug-likeness (QED) is 0.612. The Hall–Kier alpha value is -3.30. The van der Waals surface area contributed by atoms with Crippen LogP contribution in [0.25, 0.3) is 11.8 Å². The predicted molar refractivity (Wildman–Crippen MR) is 115 cm³/mol. The molecular weight excluding hydrogens is 419 g/mol. The van der Waals surface area contributed by atoms with Crippen molar-refractivity contribution >= 4 is 22.0 Å². The van der Waals surface area contributed by atoms with Gasteiger partial charge in [0.1, 0.15) is 11.5 Å². The van der Waals surface area contributed by atoms with E-state index in [1.807, 2.05) is 30.3 Å². The largest absolute Gasteiger partial charge is 0.335 e. The lowest BCUT2D eigenvalue weighted by molar-refractivity contribution is 0.0690. The van der Waals surface area contributed by atoms with Crippen LogP contribution in [-0.2, 0) is 10.0 Å². The van der Waals surface area contributed by atoms with Gasteiger partial charge in [0, 0.05) is 37.3 Å². The first-order chi connectivity index (χ1) is 14.9. The van der Waals surface area contributed by atoms with Crippen LogP contribution in [0, 0.1) is 5.82 Å². The number of amides is 1. The number of piperazine rings is 1. The molecule has 0 bridgehead atoms. The van der Waals surface area contributed by atoms with E-state index in [0.29, 0.717) is 11.4 Å². The summed E-state index contributed by atoms with van der Waals surface area (Å²) in [5, 5.41) is 1.20. The van der Waals surface area contributed by atoms with Crippen LogP contribution in [0.5, 0.6) is 0 Å². The third-order valence-corrected chi connectivity index (χ3v) is 6.65. The van der Waals surface area contributed by atoms with Crippen LogP contribution >= 0.6 is 0 Å². The average molecular weight is 441 g/mol. The van der Waals surface area contributed by atoms with Crippen molar-refractivity contribution in [2.24, 2.45) is 0 Å². The number of halogens is 1. The van der Waals surface area contributed by atoms with Gasteiger partial charge >= 0.3 is 0 Å². The van der Waals surface area contributed by atoms with Crippen LogP contribution in [0.4, 0.5) is 4.39 Å². The molecule has 0 saturated carbocycles. The highest BCUT2D eigenvalue weighted by Gasteiger charge is 2.29. The third-order valence-electron chi connectivity index (χ3n) is 5.08. The van der Waals surface area contributed by atoms with Gasteiger partial charge in [-0.05, 0) is 35.9 Å². The molecule has 2 aromatic carbocycles. The molecule has 0 atom stereocenters. The van der Waals surface area contributed by atoms with Crippen molar-refractivity contribution in [2.75, 3.05) is 26.2 Å². The zero-order chi connectivity index (χ0) is 21.8. The first kappa shape index (κ1) is 21.0. The van der Waals surface area contributed by atoms with Crippen molar-refractivity contribution < 1.29 is 17.6 Å². The predicted octanol–water partition coefficient (Wildman–Crippen LogP) is 2.77. The van der Waals surface area contributed by atoms with E-state index in [4.69, 9.17) is 0 Å². The standard InChI is InChI=1S/C22H21FN4O3S/c23-19-6-8-20(9-7-19)27-17-24-16-21(27)22(28)25-11-13-26(14-12-25)31(29,30)15-10-18-4-2-1-3-5-18/h1-10,15-17H,11-14H2/b15-10+. The molecule has 1 saturated heterocycles. The SMILES string of the molecule is O=C(c1cncn1-c1ccc(F)cc1)N1CCN(S(=O)(=O)/C=C/c2ccccc2)CC1. The number of hydrogen-bond acceptors (Lipinski definition) is 4. The number of nitrogens with zero attached hydrogens (tertiary/aromatic N) is 4. The Morgan fingerprint density at radius 1 is 0.968 bits per heavy atom. The van der Waals surface area contributed by atoms with Crippen molar-refractivity contribution in [2.45, 2.75) is 0 Å². The number of rotatable bonds is 5. The topological polar surface area (TPSA) is 75.5 Å². The van der Waals surface area contributed by atoms with Gasteiger partial charge in [0.05, 0.1) is 12.5 Å². The second-order valence-electron chi connectivity index (χ2n) is 7.07. The van der Waals surface area contributed by atoms with E-state index >= 15 is 0 Å². The fraction of sp³-hybridized carbons (Fsp3) is 0.182. The highest BCUT2D eigenvalue weighted by Crippen LogP contribution is 2.17. The third kappa shape index (κ3) is 4.73. The summed E-state index contributed by atoms with van der Waals surface area (Å²) in [6.45, 7) is 0.952. The van der Waals surface area contributed by atoms with Gasteiger partial charge in [-0.1, -0.05) is 30.3 Å². The number of imidazole rings is 1. The average Bonchev–Trinajstić information content (AvgIpc) is 3.28. The molecule has 2 heterocycles. The second kappa shape index (κ2) is 8.83. The molecule has 7 nitrogen and oxygen atoms in total. The highest BCUT2D eigenvalue weighted by atomic mass is 32.2. The van der Waals surface area contributed by atoms with Crippen LogP contribution < -0.4 is 0 Å². The van der Waals surface area contributed by atoms with Crippen molar-refractivity contribution in [3.05, 3.63) is 89.6 Å². The maximum atomic E-state index is 13.2. The van der Waals surface area contributed by atoms with Crippen molar-refractivity contribution in [3.8, 4) is 5.69 Å². The Morgan fingerprint density at radius 3 is 2.32 bits per heavy atom. The monoisotopic (exact) mass is 440 g/mol. The Labute approximate surface area is 180 Å². The van der Waals surface area contributed by atoms with Crippen molar-refractivity contribution in [1.82, 2.24) is 18.8 Å². The van der Waals surface area contributed by atoms with E-state index in [-0.39, 0.29) is 37.9 Å². The van der Waals surface area contributed by atoms with Crippen LogP contribution in [0.2, 0.25) is 0 Å². The van der Waals surface area contributed by atoms with E-state index < -0.39 is 10.0 Å². The molecule has 4 rings (SSSR count). The molecule has 1 aliphatic heterocycles. The second-order valence-corrected chi connectivity index (χ2v) is 8.89. The van der Waals surface area contributed by atoms with E-state index in [1.165, 1.54) is 34.4 Å². The van der Waals surface area contributed by atoms with E-state index in [2.05, 4.69) is 4.98 Å². The number of carbonyl (C=O) groups is 1. The normalized spacial score (nSPS) is 15.5. The van der Waals surface area contributed by atoms with Gasteiger partial charge in [0.2, 0.25) is 10.0 Å². The summed E-state index contributed by atoms with van der Waals surface area (Å²) in [4.78, 5) is 18.6.